The first kappa shape index (κ1) is 15.8. The fourth-order valence-electron chi connectivity index (χ4n) is 1.38. The van der Waals surface area contributed by atoms with Crippen LogP contribution in [-0.4, -0.2) is 30.5 Å². The van der Waals surface area contributed by atoms with E-state index in [1.807, 2.05) is 0 Å². The van der Waals surface area contributed by atoms with Gasteiger partial charge in [0.25, 0.3) is 10.1 Å². The monoisotopic (exact) mass is 298 g/mol. The van der Waals surface area contributed by atoms with E-state index in [-0.39, 0.29) is 5.75 Å². The normalized spacial score (nSPS) is 15.9. The molecule has 0 aliphatic rings. The van der Waals surface area contributed by atoms with Gasteiger partial charge in [-0.15, -0.1) is 0 Å². The highest BCUT2D eigenvalue weighted by Gasteiger charge is 2.56. The van der Waals surface area contributed by atoms with E-state index in [0.717, 1.165) is 5.56 Å². The van der Waals surface area contributed by atoms with Crippen LogP contribution in [0.25, 0.3) is 0 Å². The lowest BCUT2D eigenvalue weighted by Gasteiger charge is -2.31. The van der Waals surface area contributed by atoms with Crippen molar-refractivity contribution in [2.45, 2.75) is 25.6 Å². The molecule has 0 heterocycles. The van der Waals surface area contributed by atoms with Gasteiger partial charge in [0.1, 0.15) is 11.5 Å². The summed E-state index contributed by atoms with van der Waals surface area (Å²) in [5.41, 5.74) is -2.20. The molecule has 19 heavy (non-hydrogen) atoms. The van der Waals surface area contributed by atoms with Crippen molar-refractivity contribution in [1.82, 2.24) is 0 Å². The summed E-state index contributed by atoms with van der Waals surface area (Å²) >= 11 is 0. The lowest BCUT2D eigenvalue weighted by molar-refractivity contribution is -0.233. The minimum absolute atomic E-state index is 0.130. The Morgan fingerprint density at radius 2 is 1.68 bits per heavy atom. The van der Waals surface area contributed by atoms with Gasteiger partial charge < -0.3 is 4.74 Å². The number of ether oxygens (including phenoxy) is 1. The molecule has 1 aromatic rings. The van der Waals surface area contributed by atoms with Gasteiger partial charge in [0.2, 0.25) is 5.60 Å². The lowest BCUT2D eigenvalue weighted by Crippen LogP contribution is -2.52. The molecule has 0 saturated heterocycles. The van der Waals surface area contributed by atoms with Crippen molar-refractivity contribution < 1.29 is 30.9 Å². The maximum absolute atomic E-state index is 12.9. The van der Waals surface area contributed by atoms with Gasteiger partial charge in [0, 0.05) is 0 Å². The van der Waals surface area contributed by atoms with Crippen LogP contribution in [0.1, 0.15) is 12.5 Å². The van der Waals surface area contributed by atoms with Crippen molar-refractivity contribution in [3.63, 3.8) is 0 Å². The zero-order valence-electron chi connectivity index (χ0n) is 10.2. The van der Waals surface area contributed by atoms with E-state index in [1.54, 1.807) is 6.92 Å². The number of rotatable bonds is 4. The summed E-state index contributed by atoms with van der Waals surface area (Å²) in [5.74, 6) is -1.70. The summed E-state index contributed by atoms with van der Waals surface area (Å²) in [4.78, 5) is 0. The number of hydrogen-bond acceptors (Lipinski definition) is 3. The maximum atomic E-state index is 12.9. The van der Waals surface area contributed by atoms with E-state index in [2.05, 4.69) is 0 Å². The van der Waals surface area contributed by atoms with E-state index in [9.17, 15) is 21.6 Å². The average Bonchev–Trinajstić information content (AvgIpc) is 2.17. The van der Waals surface area contributed by atoms with Crippen molar-refractivity contribution in [3.05, 3.63) is 29.8 Å². The second-order valence-electron chi connectivity index (χ2n) is 4.37. The van der Waals surface area contributed by atoms with Gasteiger partial charge in [-0.3, -0.25) is 4.55 Å². The van der Waals surface area contributed by atoms with Gasteiger partial charge in [0.15, 0.2) is 0 Å². The summed E-state index contributed by atoms with van der Waals surface area (Å²) in [6.07, 6.45) is -4.95. The Morgan fingerprint density at radius 3 is 2.05 bits per heavy atom. The van der Waals surface area contributed by atoms with Gasteiger partial charge in [-0.05, 0) is 26.0 Å². The van der Waals surface area contributed by atoms with Gasteiger partial charge >= 0.3 is 6.18 Å². The highest BCUT2D eigenvalue weighted by atomic mass is 32.2. The minimum Gasteiger partial charge on any atom is -0.477 e. The Kier molecular flexibility index (Phi) is 4.16. The van der Waals surface area contributed by atoms with Crippen LogP contribution < -0.4 is 4.74 Å². The third-order valence-electron chi connectivity index (χ3n) is 2.42. The quantitative estimate of drug-likeness (QED) is 0.868. The lowest BCUT2D eigenvalue weighted by atomic mass is 10.1. The Balaban J connectivity index is 3.08. The smallest absolute Gasteiger partial charge is 0.429 e. The molecule has 1 rings (SSSR count). The zero-order chi connectivity index (χ0) is 14.9. The zero-order valence-corrected chi connectivity index (χ0v) is 11.0. The fraction of sp³-hybridized carbons (Fsp3) is 0.455. The largest absolute Gasteiger partial charge is 0.477 e. The van der Waals surface area contributed by atoms with Crippen LogP contribution in [0.15, 0.2) is 24.3 Å². The summed E-state index contributed by atoms with van der Waals surface area (Å²) in [6, 6.07) is 5.64. The third kappa shape index (κ3) is 4.39. The van der Waals surface area contributed by atoms with Crippen LogP contribution in [0.5, 0.6) is 5.75 Å². The fourth-order valence-corrected chi connectivity index (χ4v) is 2.30. The van der Waals surface area contributed by atoms with Crippen LogP contribution in [0.4, 0.5) is 13.2 Å². The SMILES string of the molecule is Cc1ccc(OC(C)(CS(=O)(=O)O)C(F)(F)F)cc1. The van der Waals surface area contributed by atoms with Crippen LogP contribution in [-0.2, 0) is 10.1 Å². The van der Waals surface area contributed by atoms with Gasteiger partial charge in [-0.25, -0.2) is 0 Å². The first-order valence-electron chi connectivity index (χ1n) is 5.20. The molecule has 1 unspecified atom stereocenters. The number of hydrogen-bond donors (Lipinski definition) is 1. The number of aryl methyl sites for hydroxylation is 1. The van der Waals surface area contributed by atoms with Gasteiger partial charge in [0.05, 0.1) is 0 Å². The maximum Gasteiger partial charge on any atom is 0.429 e. The van der Waals surface area contributed by atoms with Crippen molar-refractivity contribution in [3.8, 4) is 5.75 Å². The number of benzene rings is 1. The molecule has 1 atom stereocenters. The molecule has 0 aliphatic heterocycles. The summed E-state index contributed by atoms with van der Waals surface area (Å²) in [6.45, 7) is 2.31. The van der Waals surface area contributed by atoms with E-state index in [1.165, 1.54) is 24.3 Å². The minimum atomic E-state index is -4.95. The molecule has 0 amide bonds. The highest BCUT2D eigenvalue weighted by Crippen LogP contribution is 2.35. The predicted molar refractivity (Wildman–Crippen MR) is 62.7 cm³/mol. The second kappa shape index (κ2) is 5.01. The molecule has 0 fully saturated rings. The molecular formula is C11H13F3O4S. The Labute approximate surface area is 108 Å². The molecule has 0 bridgehead atoms. The van der Waals surface area contributed by atoms with Crippen LogP contribution in [0, 0.1) is 6.92 Å². The molecular weight excluding hydrogens is 285 g/mol. The van der Waals surface area contributed by atoms with Crippen molar-refractivity contribution in [2.75, 3.05) is 5.75 Å². The van der Waals surface area contributed by atoms with Gasteiger partial charge in [-0.2, -0.15) is 21.6 Å². The first-order valence-corrected chi connectivity index (χ1v) is 6.81. The molecule has 108 valence electrons. The van der Waals surface area contributed by atoms with E-state index in [4.69, 9.17) is 9.29 Å². The van der Waals surface area contributed by atoms with Crippen molar-refractivity contribution in [2.24, 2.45) is 0 Å². The van der Waals surface area contributed by atoms with E-state index >= 15 is 0 Å². The van der Waals surface area contributed by atoms with Gasteiger partial charge in [-0.1, -0.05) is 17.7 Å². The topological polar surface area (TPSA) is 63.6 Å². The third-order valence-corrected chi connectivity index (χ3v) is 3.34. The Bertz CT molecular complexity index is 536. The van der Waals surface area contributed by atoms with Crippen molar-refractivity contribution in [1.29, 1.82) is 0 Å². The molecule has 0 aromatic heterocycles. The number of halogens is 3. The summed E-state index contributed by atoms with van der Waals surface area (Å²) in [7, 11) is -4.84. The predicted octanol–water partition coefficient (Wildman–Crippen LogP) is 2.58. The van der Waals surface area contributed by atoms with E-state index < -0.39 is 27.6 Å². The molecule has 0 aliphatic carbocycles. The first-order chi connectivity index (χ1) is 8.43. The molecule has 1 aromatic carbocycles. The highest BCUT2D eigenvalue weighted by molar-refractivity contribution is 7.85. The average molecular weight is 298 g/mol. The molecule has 0 radical (unpaired) electrons. The van der Waals surface area contributed by atoms with Crippen molar-refractivity contribution >= 4 is 10.1 Å². The second-order valence-corrected chi connectivity index (χ2v) is 5.82. The van der Waals surface area contributed by atoms with Crippen LogP contribution in [0.3, 0.4) is 0 Å². The van der Waals surface area contributed by atoms with Crippen LogP contribution >= 0.6 is 0 Å². The van der Waals surface area contributed by atoms with E-state index in [0.29, 0.717) is 6.92 Å². The Hall–Kier alpha value is -1.28. The molecule has 0 spiro atoms. The summed E-state index contributed by atoms with van der Waals surface area (Å²) in [5, 5.41) is 0. The molecule has 4 nitrogen and oxygen atoms in total. The molecule has 0 saturated carbocycles. The summed E-state index contributed by atoms with van der Waals surface area (Å²) < 4.78 is 73.5. The Morgan fingerprint density at radius 1 is 1.21 bits per heavy atom. The molecule has 8 heteroatoms. The standard InChI is InChI=1S/C11H13F3O4S/c1-8-3-5-9(6-4-8)18-10(2,11(12,13)14)7-19(15,16)17/h3-6H,7H2,1-2H3,(H,15,16,17). The number of alkyl halides is 3. The van der Waals surface area contributed by atoms with Crippen LogP contribution in [0.2, 0.25) is 0 Å². The molecule has 1 N–H and O–H groups in total.